The molecule has 1 aromatic carbocycles. The number of carbonyl (C=O) groups excluding carboxylic acids is 1. The Morgan fingerprint density at radius 2 is 2.11 bits per heavy atom. The van der Waals surface area contributed by atoms with Crippen LogP contribution in [-0.2, 0) is 6.54 Å². The van der Waals surface area contributed by atoms with E-state index in [-0.39, 0.29) is 24.0 Å². The molecular weight excluding hydrogens is 255 g/mol. The van der Waals surface area contributed by atoms with Gasteiger partial charge in [-0.25, -0.2) is 14.4 Å². The Morgan fingerprint density at radius 1 is 1.42 bits per heavy atom. The van der Waals surface area contributed by atoms with Crippen LogP contribution in [-0.4, -0.2) is 20.8 Å². The number of H-pyrrole nitrogens is 1. The molecule has 0 aliphatic heterocycles. The highest BCUT2D eigenvalue weighted by Gasteiger charge is 2.16. The lowest BCUT2D eigenvalue weighted by atomic mass is 10.2. The summed E-state index contributed by atoms with van der Waals surface area (Å²) in [7, 11) is 0. The Bertz CT molecular complexity index is 609. The molecule has 0 saturated carbocycles. The first kappa shape index (κ1) is 12.7. The van der Waals surface area contributed by atoms with Crippen molar-refractivity contribution in [2.45, 2.75) is 6.54 Å². The molecule has 98 valence electrons. The molecule has 2 aromatic rings. The number of nitrogens with zero attached hydrogens (tertiary/aromatic N) is 2. The number of imidazole rings is 1. The molecule has 0 aliphatic carbocycles. The Hall–Kier alpha value is -2.77. The third-order valence-electron chi connectivity index (χ3n) is 2.34. The maximum Gasteiger partial charge on any atom is 0.341 e. The lowest BCUT2D eigenvalue weighted by molar-refractivity contribution is -0.389. The van der Waals surface area contributed by atoms with Crippen LogP contribution in [0.25, 0.3) is 0 Å². The first-order valence-corrected chi connectivity index (χ1v) is 5.28. The fourth-order valence-electron chi connectivity index (χ4n) is 1.39. The van der Waals surface area contributed by atoms with Gasteiger partial charge in [0.25, 0.3) is 5.82 Å². The number of rotatable bonds is 4. The smallest absolute Gasteiger partial charge is 0.341 e. The van der Waals surface area contributed by atoms with Crippen LogP contribution in [0.1, 0.15) is 16.2 Å². The van der Waals surface area contributed by atoms with Crippen molar-refractivity contribution in [2.24, 2.45) is 0 Å². The minimum atomic E-state index is -0.677. The Kier molecular flexibility index (Phi) is 3.51. The molecule has 0 aliphatic rings. The predicted molar refractivity (Wildman–Crippen MR) is 62.8 cm³/mol. The van der Waals surface area contributed by atoms with Crippen molar-refractivity contribution in [3.63, 3.8) is 0 Å². The summed E-state index contributed by atoms with van der Waals surface area (Å²) < 4.78 is 12.7. The zero-order valence-electron chi connectivity index (χ0n) is 9.59. The SMILES string of the molecule is O=C(NCc1ccc(F)cc1)c1ncc([N+](=O)[O-])[nH]1. The second-order valence-electron chi connectivity index (χ2n) is 3.68. The van der Waals surface area contributed by atoms with Gasteiger partial charge in [0.15, 0.2) is 0 Å². The number of aromatic amines is 1. The van der Waals surface area contributed by atoms with E-state index in [4.69, 9.17) is 0 Å². The highest BCUT2D eigenvalue weighted by atomic mass is 19.1. The van der Waals surface area contributed by atoms with Crippen LogP contribution in [0.15, 0.2) is 30.5 Å². The summed E-state index contributed by atoms with van der Waals surface area (Å²) in [5.74, 6) is -1.44. The van der Waals surface area contributed by atoms with Gasteiger partial charge in [-0.2, -0.15) is 0 Å². The second-order valence-corrected chi connectivity index (χ2v) is 3.68. The van der Waals surface area contributed by atoms with E-state index in [9.17, 15) is 19.3 Å². The van der Waals surface area contributed by atoms with E-state index in [0.717, 1.165) is 6.20 Å². The Labute approximate surface area is 106 Å². The molecular formula is C11H9FN4O3. The maximum atomic E-state index is 12.7. The van der Waals surface area contributed by atoms with E-state index in [2.05, 4.69) is 15.3 Å². The van der Waals surface area contributed by atoms with Gasteiger partial charge < -0.3 is 15.4 Å². The molecule has 0 atom stereocenters. The summed E-state index contributed by atoms with van der Waals surface area (Å²) in [5, 5.41) is 12.9. The standard InChI is InChI=1S/C11H9FN4O3/c12-8-3-1-7(2-4-8)5-14-11(17)10-13-6-9(15-10)16(18)19/h1-4,6H,5H2,(H,13,15)(H,14,17). The highest BCUT2D eigenvalue weighted by Crippen LogP contribution is 2.06. The van der Waals surface area contributed by atoms with Gasteiger partial charge in [0, 0.05) is 6.54 Å². The summed E-state index contributed by atoms with van der Waals surface area (Å²) in [6.45, 7) is 0.174. The molecule has 0 unspecified atom stereocenters. The first-order chi connectivity index (χ1) is 9.06. The van der Waals surface area contributed by atoms with Gasteiger partial charge in [-0.05, 0) is 22.6 Å². The van der Waals surface area contributed by atoms with Crippen molar-refractivity contribution in [1.29, 1.82) is 0 Å². The van der Waals surface area contributed by atoms with Crippen molar-refractivity contribution in [3.05, 3.63) is 57.8 Å². The average molecular weight is 264 g/mol. The van der Waals surface area contributed by atoms with Crippen LogP contribution in [0, 0.1) is 15.9 Å². The summed E-state index contributed by atoms with van der Waals surface area (Å²) in [5.41, 5.74) is 0.704. The molecule has 2 N–H and O–H groups in total. The minimum absolute atomic E-state index is 0.145. The summed E-state index contributed by atoms with van der Waals surface area (Å²) in [6.07, 6.45) is 0.965. The summed E-state index contributed by atoms with van der Waals surface area (Å²) in [6, 6.07) is 5.61. The van der Waals surface area contributed by atoms with E-state index in [1.165, 1.54) is 24.3 Å². The minimum Gasteiger partial charge on any atom is -0.358 e. The van der Waals surface area contributed by atoms with Gasteiger partial charge in [-0.15, -0.1) is 0 Å². The maximum absolute atomic E-state index is 12.7. The van der Waals surface area contributed by atoms with E-state index >= 15 is 0 Å². The largest absolute Gasteiger partial charge is 0.358 e. The van der Waals surface area contributed by atoms with Crippen molar-refractivity contribution in [1.82, 2.24) is 15.3 Å². The molecule has 0 saturated heterocycles. The lowest BCUT2D eigenvalue weighted by Gasteiger charge is -2.01. The topological polar surface area (TPSA) is 101 Å². The molecule has 0 radical (unpaired) electrons. The van der Waals surface area contributed by atoms with Crippen molar-refractivity contribution in [3.8, 4) is 0 Å². The van der Waals surface area contributed by atoms with Gasteiger partial charge in [0.05, 0.1) is 0 Å². The molecule has 1 heterocycles. The van der Waals surface area contributed by atoms with Gasteiger partial charge in [0.1, 0.15) is 12.0 Å². The number of nitrogens with one attached hydrogen (secondary N) is 2. The summed E-state index contributed by atoms with van der Waals surface area (Å²) >= 11 is 0. The molecule has 7 nitrogen and oxygen atoms in total. The van der Waals surface area contributed by atoms with Gasteiger partial charge >= 0.3 is 11.7 Å². The van der Waals surface area contributed by atoms with Crippen LogP contribution < -0.4 is 5.32 Å². The molecule has 0 fully saturated rings. The fraction of sp³-hybridized carbons (Fsp3) is 0.0909. The van der Waals surface area contributed by atoms with Crippen LogP contribution in [0.2, 0.25) is 0 Å². The predicted octanol–water partition coefficient (Wildman–Crippen LogP) is 1.39. The molecule has 8 heteroatoms. The number of hydrogen-bond acceptors (Lipinski definition) is 4. The zero-order chi connectivity index (χ0) is 13.8. The highest BCUT2D eigenvalue weighted by molar-refractivity contribution is 5.90. The number of nitro groups is 1. The molecule has 2 rings (SSSR count). The number of carbonyl (C=O) groups is 1. The first-order valence-electron chi connectivity index (χ1n) is 5.28. The van der Waals surface area contributed by atoms with Gasteiger partial charge in [-0.1, -0.05) is 12.1 Å². The van der Waals surface area contributed by atoms with E-state index in [0.29, 0.717) is 5.56 Å². The van der Waals surface area contributed by atoms with Gasteiger partial charge in [0.2, 0.25) is 0 Å². The Balaban J connectivity index is 1.97. The molecule has 1 aromatic heterocycles. The average Bonchev–Trinajstić information content (AvgIpc) is 2.87. The van der Waals surface area contributed by atoms with E-state index in [1.54, 1.807) is 0 Å². The van der Waals surface area contributed by atoms with Crippen molar-refractivity contribution < 1.29 is 14.1 Å². The molecule has 0 bridgehead atoms. The van der Waals surface area contributed by atoms with Crippen molar-refractivity contribution in [2.75, 3.05) is 0 Å². The number of amides is 1. The lowest BCUT2D eigenvalue weighted by Crippen LogP contribution is -2.23. The number of aromatic nitrogens is 2. The molecule has 0 spiro atoms. The van der Waals surface area contributed by atoms with Crippen LogP contribution in [0.5, 0.6) is 0 Å². The van der Waals surface area contributed by atoms with Gasteiger partial charge in [-0.3, -0.25) is 4.79 Å². The second kappa shape index (κ2) is 5.25. The quantitative estimate of drug-likeness (QED) is 0.643. The van der Waals surface area contributed by atoms with Crippen molar-refractivity contribution >= 4 is 11.7 Å². The Morgan fingerprint density at radius 3 is 2.68 bits per heavy atom. The number of halogens is 1. The third-order valence-corrected chi connectivity index (χ3v) is 2.34. The number of benzene rings is 1. The zero-order valence-corrected chi connectivity index (χ0v) is 9.59. The van der Waals surface area contributed by atoms with Crippen LogP contribution >= 0.6 is 0 Å². The third kappa shape index (κ3) is 3.12. The van der Waals surface area contributed by atoms with E-state index in [1.807, 2.05) is 0 Å². The van der Waals surface area contributed by atoms with Crippen LogP contribution in [0.3, 0.4) is 0 Å². The number of hydrogen-bond donors (Lipinski definition) is 2. The van der Waals surface area contributed by atoms with E-state index < -0.39 is 10.8 Å². The summed E-state index contributed by atoms with van der Waals surface area (Å²) in [4.78, 5) is 27.2. The normalized spacial score (nSPS) is 10.2. The molecule has 1 amide bonds. The monoisotopic (exact) mass is 264 g/mol. The van der Waals surface area contributed by atoms with Crippen LogP contribution in [0.4, 0.5) is 10.2 Å². The molecule has 19 heavy (non-hydrogen) atoms. The fourth-order valence-corrected chi connectivity index (χ4v) is 1.39.